The number of allylic oxidation sites excluding steroid dienone is 3. The van der Waals surface area contributed by atoms with E-state index < -0.39 is 28.0 Å². The van der Waals surface area contributed by atoms with Crippen molar-refractivity contribution in [3.8, 4) is 0 Å². The van der Waals surface area contributed by atoms with Crippen LogP contribution in [0.15, 0.2) is 48.1 Å². The highest BCUT2D eigenvalue weighted by Crippen LogP contribution is 2.75. The van der Waals surface area contributed by atoms with E-state index in [2.05, 4.69) is 64.1 Å². The second kappa shape index (κ2) is 12.2. The van der Waals surface area contributed by atoms with Crippen molar-refractivity contribution >= 4 is 35.0 Å². The molecule has 7 rings (SSSR count). The molecule has 0 heterocycles. The highest BCUT2D eigenvalue weighted by Gasteiger charge is 2.70. The van der Waals surface area contributed by atoms with Crippen LogP contribution < -0.4 is 16.0 Å². The number of benzene rings is 1. The lowest BCUT2D eigenvalue weighted by atomic mass is 9.33. The predicted molar refractivity (Wildman–Crippen MR) is 202 cm³/mol. The third-order valence-electron chi connectivity index (χ3n) is 16.2. The number of anilines is 1. The molecule has 0 radical (unpaired) electrons. The summed E-state index contributed by atoms with van der Waals surface area (Å²) in [5.41, 5.74) is -0.898. The van der Waals surface area contributed by atoms with Crippen LogP contribution in [0.5, 0.6) is 0 Å². The third kappa shape index (κ3) is 5.51. The van der Waals surface area contributed by atoms with E-state index in [4.69, 9.17) is 0 Å². The van der Waals surface area contributed by atoms with Crippen LogP contribution in [-0.2, 0) is 24.0 Å². The molecule has 6 aliphatic carbocycles. The van der Waals surface area contributed by atoms with Gasteiger partial charge in [-0.3, -0.25) is 24.0 Å². The van der Waals surface area contributed by atoms with Gasteiger partial charge in [-0.25, -0.2) is 4.39 Å². The quantitative estimate of drug-likeness (QED) is 0.153. The van der Waals surface area contributed by atoms with E-state index >= 15 is 0 Å². The first-order valence-corrected chi connectivity index (χ1v) is 19.8. The Kier molecular flexibility index (Phi) is 8.67. The number of fused-ring (bicyclic) bond motifs is 7. The summed E-state index contributed by atoms with van der Waals surface area (Å²) in [6, 6.07) is 5.43. The Bertz CT molecular complexity index is 1830. The molecular weight excluding hydrogens is 669 g/mol. The molecule has 1 aromatic rings. The summed E-state index contributed by atoms with van der Waals surface area (Å²) in [4.78, 5) is 68.0. The molecule has 5 fully saturated rings. The molecule has 0 aromatic heterocycles. The first kappa shape index (κ1) is 37.7. The summed E-state index contributed by atoms with van der Waals surface area (Å²) in [6.45, 7) is 20.1. The van der Waals surface area contributed by atoms with Gasteiger partial charge in [-0.2, -0.15) is 0 Å². The maximum Gasteiger partial charge on any atom is 0.240 e. The number of hydrogen-bond donors (Lipinski definition) is 3. The van der Waals surface area contributed by atoms with Gasteiger partial charge in [0.1, 0.15) is 11.2 Å². The largest absolute Gasteiger partial charge is 0.354 e. The number of halogens is 1. The summed E-state index contributed by atoms with van der Waals surface area (Å²) in [6.07, 6.45) is 9.55. The fourth-order valence-corrected chi connectivity index (χ4v) is 12.5. The minimum atomic E-state index is -1.15. The maximum absolute atomic E-state index is 14.7. The number of carbonyl (C=O) groups is 5. The van der Waals surface area contributed by atoms with E-state index in [1.807, 2.05) is 13.0 Å². The molecule has 0 saturated heterocycles. The van der Waals surface area contributed by atoms with Crippen LogP contribution in [0.3, 0.4) is 0 Å². The van der Waals surface area contributed by atoms with Crippen molar-refractivity contribution in [3.05, 3.63) is 53.9 Å². The zero-order chi connectivity index (χ0) is 38.6. The number of carbonyl (C=O) groups excluding carboxylic acids is 5. The normalized spacial score (nSPS) is 39.3. The summed E-state index contributed by atoms with van der Waals surface area (Å²) in [5, 5.41) is 8.65. The van der Waals surface area contributed by atoms with Gasteiger partial charge in [0.25, 0.3) is 0 Å². The maximum atomic E-state index is 14.7. The average molecular weight is 728 g/mol. The Balaban J connectivity index is 1.04. The topological polar surface area (TPSA) is 121 Å². The van der Waals surface area contributed by atoms with E-state index in [-0.39, 0.29) is 75.9 Å². The van der Waals surface area contributed by atoms with Crippen molar-refractivity contribution in [3.63, 3.8) is 0 Å². The average Bonchev–Trinajstić information content (AvgIpc) is 3.91. The van der Waals surface area contributed by atoms with Crippen LogP contribution in [0.25, 0.3) is 0 Å². The predicted octanol–water partition coefficient (Wildman–Crippen LogP) is 7.49. The SMILES string of the molecule is C=C1C[C@]2(C)[C@H]3C(=O)C=C4[C@@H]5C[C@@](C)(C(=O)NCCNC(=O)C6(C(=O)Nc7ccc(F)cc7)CC6)CC[C@]5(C)CC[C@@]4(C)[C@]3(C)CC[C@H]2C(C)(C)C1=O. The number of rotatable bonds is 7. The third-order valence-corrected chi connectivity index (χ3v) is 16.2. The second-order valence-electron chi connectivity index (χ2n) is 19.6. The van der Waals surface area contributed by atoms with Crippen molar-refractivity contribution in [2.24, 2.45) is 55.7 Å². The first-order chi connectivity index (χ1) is 24.7. The van der Waals surface area contributed by atoms with Crippen molar-refractivity contribution < 1.29 is 28.4 Å². The van der Waals surface area contributed by atoms with Crippen LogP contribution >= 0.6 is 0 Å². The molecule has 9 heteroatoms. The van der Waals surface area contributed by atoms with Crippen molar-refractivity contribution in [1.29, 1.82) is 0 Å². The first-order valence-electron chi connectivity index (χ1n) is 19.8. The summed E-state index contributed by atoms with van der Waals surface area (Å²) in [7, 11) is 0. The Labute approximate surface area is 314 Å². The smallest absolute Gasteiger partial charge is 0.240 e. The summed E-state index contributed by atoms with van der Waals surface area (Å²) in [5.74, 6) is -0.920. The lowest BCUT2D eigenvalue weighted by Gasteiger charge is -2.70. The van der Waals surface area contributed by atoms with Gasteiger partial charge in [-0.1, -0.05) is 60.6 Å². The number of ketones is 2. The molecule has 286 valence electrons. The number of hydrogen-bond acceptors (Lipinski definition) is 5. The fourth-order valence-electron chi connectivity index (χ4n) is 12.5. The lowest BCUT2D eigenvalue weighted by Crippen LogP contribution is -2.66. The van der Waals surface area contributed by atoms with E-state index in [1.165, 1.54) is 29.8 Å². The Morgan fingerprint density at radius 1 is 0.811 bits per heavy atom. The summed E-state index contributed by atoms with van der Waals surface area (Å²) >= 11 is 0. The van der Waals surface area contributed by atoms with E-state index in [0.29, 0.717) is 36.9 Å². The highest BCUT2D eigenvalue weighted by molar-refractivity contribution is 6.13. The van der Waals surface area contributed by atoms with Crippen molar-refractivity contribution in [1.82, 2.24) is 10.6 Å². The molecule has 8 nitrogen and oxygen atoms in total. The molecule has 6 aliphatic rings. The molecule has 0 unspecified atom stereocenters. The Hall–Kier alpha value is -3.62. The molecular formula is C44H58FN3O5. The molecule has 0 bridgehead atoms. The van der Waals surface area contributed by atoms with Crippen LogP contribution in [0, 0.1) is 61.5 Å². The molecule has 0 spiro atoms. The van der Waals surface area contributed by atoms with Crippen LogP contribution in [0.4, 0.5) is 10.1 Å². The van der Waals surface area contributed by atoms with Gasteiger partial charge < -0.3 is 16.0 Å². The molecule has 3 amide bonds. The molecule has 3 N–H and O–H groups in total. The molecule has 8 atom stereocenters. The minimum absolute atomic E-state index is 0.00963. The van der Waals surface area contributed by atoms with E-state index in [0.717, 1.165) is 38.5 Å². The van der Waals surface area contributed by atoms with Crippen molar-refractivity contribution in [2.45, 2.75) is 113 Å². The van der Waals surface area contributed by atoms with Gasteiger partial charge >= 0.3 is 0 Å². The Morgan fingerprint density at radius 3 is 2.08 bits per heavy atom. The van der Waals surface area contributed by atoms with Gasteiger partial charge in [0.05, 0.1) is 0 Å². The monoisotopic (exact) mass is 727 g/mol. The van der Waals surface area contributed by atoms with Gasteiger partial charge in [-0.05, 0) is 134 Å². The second-order valence-corrected chi connectivity index (χ2v) is 19.6. The zero-order valence-electron chi connectivity index (χ0n) is 32.7. The van der Waals surface area contributed by atoms with Gasteiger partial charge in [0.2, 0.25) is 17.7 Å². The molecule has 0 aliphatic heterocycles. The highest BCUT2D eigenvalue weighted by atomic mass is 19.1. The fraction of sp³-hybridized carbons (Fsp3) is 0.659. The van der Waals surface area contributed by atoms with Gasteiger partial charge in [0.15, 0.2) is 11.6 Å². The minimum Gasteiger partial charge on any atom is -0.354 e. The molecule has 5 saturated carbocycles. The standard InChI is InChI=1S/C44H58FN3O5/c1-26-24-41(6)32(38(2,3)34(26)50)13-14-43(8)33(41)31(49)23-29-30-25-40(5,16-15-39(30,4)17-18-42(29,43)7)35(51)46-21-22-47-36(52)44(19-20-44)37(53)48-28-11-9-27(45)10-12-28/h9-12,23,30,32-33H,1,13-22,24-25H2,2-8H3,(H,46,51)(H,47,52)(H,48,53)/t30-,32-,33+,39+,40-,41-,42+,43+/m0/s1. The molecule has 53 heavy (non-hydrogen) atoms. The molecule has 1 aromatic carbocycles. The van der Waals surface area contributed by atoms with E-state index in [9.17, 15) is 28.4 Å². The number of amides is 3. The Morgan fingerprint density at radius 2 is 1.43 bits per heavy atom. The zero-order valence-corrected chi connectivity index (χ0v) is 32.7. The number of Topliss-reactive ketones (excluding diaryl/α,β-unsaturated/α-hetero) is 1. The summed E-state index contributed by atoms with van der Waals surface area (Å²) < 4.78 is 13.3. The lowest BCUT2D eigenvalue weighted by molar-refractivity contribution is -0.182. The van der Waals surface area contributed by atoms with Crippen LogP contribution in [0.2, 0.25) is 0 Å². The van der Waals surface area contributed by atoms with Crippen LogP contribution in [-0.4, -0.2) is 42.4 Å². The number of nitrogens with one attached hydrogen (secondary N) is 3. The van der Waals surface area contributed by atoms with Crippen molar-refractivity contribution in [2.75, 3.05) is 18.4 Å². The van der Waals surface area contributed by atoms with Gasteiger partial charge in [0, 0.05) is 35.5 Å². The van der Waals surface area contributed by atoms with Crippen LogP contribution in [0.1, 0.15) is 113 Å². The van der Waals surface area contributed by atoms with Gasteiger partial charge in [-0.15, -0.1) is 0 Å². The van der Waals surface area contributed by atoms with E-state index in [1.54, 1.807) is 0 Å².